The van der Waals surface area contributed by atoms with Crippen molar-refractivity contribution in [3.05, 3.63) is 10.5 Å². The molecule has 2 rings (SSSR count). The van der Waals surface area contributed by atoms with Gasteiger partial charge in [0.25, 0.3) is 0 Å². The lowest BCUT2D eigenvalue weighted by molar-refractivity contribution is 0.264. The Balaban J connectivity index is 1.86. The first-order chi connectivity index (χ1) is 6.74. The number of anilines is 1. The van der Waals surface area contributed by atoms with Crippen molar-refractivity contribution < 1.29 is 0 Å². The van der Waals surface area contributed by atoms with Gasteiger partial charge in [-0.05, 0) is 33.0 Å². The summed E-state index contributed by atoms with van der Waals surface area (Å²) in [6, 6.07) is 0.563. The predicted octanol–water partition coefficient (Wildman–Crippen LogP) is 2.30. The number of hydrogen-bond acceptors (Lipinski definition) is 4. The molecule has 0 unspecified atom stereocenters. The first-order valence-electron chi connectivity index (χ1n) is 4.80. The number of likely N-dealkylation sites (tertiary alicyclic amines) is 1. The molecule has 1 aliphatic heterocycles. The van der Waals surface area contributed by atoms with Gasteiger partial charge in [-0.15, -0.1) is 11.3 Å². The van der Waals surface area contributed by atoms with Crippen LogP contribution in [0.15, 0.2) is 5.38 Å². The van der Waals surface area contributed by atoms with Crippen LogP contribution in [-0.2, 0) is 0 Å². The van der Waals surface area contributed by atoms with Gasteiger partial charge in [0, 0.05) is 11.4 Å². The van der Waals surface area contributed by atoms with E-state index in [2.05, 4.69) is 22.2 Å². The smallest absolute Gasteiger partial charge is 0.184 e. The maximum absolute atomic E-state index is 5.75. The average Bonchev–Trinajstić information content (AvgIpc) is 2.56. The van der Waals surface area contributed by atoms with Crippen molar-refractivity contribution in [3.63, 3.8) is 0 Å². The lowest BCUT2D eigenvalue weighted by Gasteiger charge is -2.29. The van der Waals surface area contributed by atoms with E-state index in [1.165, 1.54) is 12.8 Å². The first-order valence-corrected chi connectivity index (χ1v) is 6.06. The highest BCUT2D eigenvalue weighted by molar-refractivity contribution is 7.14. The SMILES string of the molecule is CN1CCC(Nc2nc(Cl)cs2)CC1. The van der Waals surface area contributed by atoms with Crippen molar-refractivity contribution in [1.29, 1.82) is 0 Å². The summed E-state index contributed by atoms with van der Waals surface area (Å²) in [4.78, 5) is 6.54. The predicted molar refractivity (Wildman–Crippen MR) is 61.3 cm³/mol. The number of piperidine rings is 1. The van der Waals surface area contributed by atoms with E-state index in [1.54, 1.807) is 11.3 Å². The largest absolute Gasteiger partial charge is 0.359 e. The van der Waals surface area contributed by atoms with Crippen molar-refractivity contribution in [1.82, 2.24) is 9.88 Å². The van der Waals surface area contributed by atoms with Crippen LogP contribution in [0.3, 0.4) is 0 Å². The molecule has 1 aromatic rings. The van der Waals surface area contributed by atoms with Crippen molar-refractivity contribution in [2.75, 3.05) is 25.5 Å². The van der Waals surface area contributed by atoms with Crippen LogP contribution in [0.1, 0.15) is 12.8 Å². The van der Waals surface area contributed by atoms with Crippen LogP contribution in [0.2, 0.25) is 5.15 Å². The molecule has 78 valence electrons. The number of nitrogens with zero attached hydrogens (tertiary/aromatic N) is 2. The fraction of sp³-hybridized carbons (Fsp3) is 0.667. The molecule has 3 nitrogen and oxygen atoms in total. The van der Waals surface area contributed by atoms with E-state index in [4.69, 9.17) is 11.6 Å². The van der Waals surface area contributed by atoms with Crippen LogP contribution in [0.25, 0.3) is 0 Å². The van der Waals surface area contributed by atoms with Crippen molar-refractivity contribution in [3.8, 4) is 0 Å². The molecular weight excluding hydrogens is 218 g/mol. The summed E-state index contributed by atoms with van der Waals surface area (Å²) in [6.07, 6.45) is 2.38. The zero-order valence-corrected chi connectivity index (χ0v) is 9.74. The molecule has 0 aromatic carbocycles. The molecule has 0 saturated carbocycles. The van der Waals surface area contributed by atoms with Gasteiger partial charge in [0.15, 0.2) is 5.13 Å². The number of rotatable bonds is 2. The number of nitrogens with one attached hydrogen (secondary N) is 1. The van der Waals surface area contributed by atoms with E-state index in [1.807, 2.05) is 5.38 Å². The standard InChI is InChI=1S/C9H14ClN3S/c1-13-4-2-7(3-5-13)11-9-12-8(10)6-14-9/h6-7H,2-5H2,1H3,(H,11,12). The van der Waals surface area contributed by atoms with E-state index >= 15 is 0 Å². The van der Waals surface area contributed by atoms with Crippen LogP contribution in [-0.4, -0.2) is 36.1 Å². The van der Waals surface area contributed by atoms with Gasteiger partial charge in [-0.3, -0.25) is 0 Å². The average molecular weight is 232 g/mol. The highest BCUT2D eigenvalue weighted by Crippen LogP contribution is 2.22. The van der Waals surface area contributed by atoms with Gasteiger partial charge >= 0.3 is 0 Å². The molecule has 1 fully saturated rings. The first kappa shape index (κ1) is 10.2. The summed E-state index contributed by atoms with van der Waals surface area (Å²) in [5.74, 6) is 0. The molecular formula is C9H14ClN3S. The highest BCUT2D eigenvalue weighted by atomic mass is 35.5. The second-order valence-electron chi connectivity index (χ2n) is 3.70. The molecule has 2 heterocycles. The summed E-state index contributed by atoms with van der Waals surface area (Å²) in [5.41, 5.74) is 0. The number of halogens is 1. The number of hydrogen-bond donors (Lipinski definition) is 1. The van der Waals surface area contributed by atoms with Crippen LogP contribution < -0.4 is 5.32 Å². The Morgan fingerprint density at radius 1 is 1.57 bits per heavy atom. The van der Waals surface area contributed by atoms with E-state index in [-0.39, 0.29) is 0 Å². The number of thiazole rings is 1. The van der Waals surface area contributed by atoms with Gasteiger partial charge in [-0.25, -0.2) is 4.98 Å². The van der Waals surface area contributed by atoms with Crippen molar-refractivity contribution in [2.24, 2.45) is 0 Å². The fourth-order valence-electron chi connectivity index (χ4n) is 1.65. The monoisotopic (exact) mass is 231 g/mol. The van der Waals surface area contributed by atoms with Crippen LogP contribution >= 0.6 is 22.9 Å². The lowest BCUT2D eigenvalue weighted by Crippen LogP contribution is -2.36. The Hall–Kier alpha value is -0.320. The third kappa shape index (κ3) is 2.59. The molecule has 1 aliphatic rings. The number of aromatic nitrogens is 1. The van der Waals surface area contributed by atoms with E-state index < -0.39 is 0 Å². The Morgan fingerprint density at radius 2 is 2.29 bits per heavy atom. The molecule has 1 saturated heterocycles. The lowest BCUT2D eigenvalue weighted by atomic mass is 10.1. The zero-order chi connectivity index (χ0) is 9.97. The fourth-order valence-corrected chi connectivity index (χ4v) is 2.56. The molecule has 5 heteroatoms. The van der Waals surface area contributed by atoms with E-state index in [0.717, 1.165) is 18.2 Å². The Morgan fingerprint density at radius 3 is 2.86 bits per heavy atom. The minimum atomic E-state index is 0.563. The third-order valence-electron chi connectivity index (χ3n) is 2.52. The Bertz CT molecular complexity index is 294. The second kappa shape index (κ2) is 4.47. The van der Waals surface area contributed by atoms with Crippen molar-refractivity contribution in [2.45, 2.75) is 18.9 Å². The summed E-state index contributed by atoms with van der Waals surface area (Å²) in [6.45, 7) is 2.33. The quantitative estimate of drug-likeness (QED) is 0.847. The molecule has 0 aliphatic carbocycles. The van der Waals surface area contributed by atoms with E-state index in [9.17, 15) is 0 Å². The molecule has 0 spiro atoms. The van der Waals surface area contributed by atoms with E-state index in [0.29, 0.717) is 11.2 Å². The van der Waals surface area contributed by atoms with Crippen molar-refractivity contribution >= 4 is 28.1 Å². The molecule has 0 radical (unpaired) electrons. The van der Waals surface area contributed by atoms with Crippen LogP contribution in [0.5, 0.6) is 0 Å². The summed E-state index contributed by atoms with van der Waals surface area (Å²) in [5, 5.41) is 6.82. The third-order valence-corrected chi connectivity index (χ3v) is 3.62. The maximum Gasteiger partial charge on any atom is 0.184 e. The Kier molecular flexibility index (Phi) is 3.26. The molecule has 14 heavy (non-hydrogen) atoms. The highest BCUT2D eigenvalue weighted by Gasteiger charge is 2.16. The molecule has 0 atom stereocenters. The molecule has 0 bridgehead atoms. The summed E-state index contributed by atoms with van der Waals surface area (Å²) in [7, 11) is 2.16. The minimum absolute atomic E-state index is 0.563. The van der Waals surface area contributed by atoms with Gasteiger partial charge in [-0.1, -0.05) is 11.6 Å². The molecule has 1 aromatic heterocycles. The molecule has 1 N–H and O–H groups in total. The topological polar surface area (TPSA) is 28.2 Å². The van der Waals surface area contributed by atoms with Crippen LogP contribution in [0, 0.1) is 0 Å². The van der Waals surface area contributed by atoms with Gasteiger partial charge in [0.2, 0.25) is 0 Å². The normalized spacial score (nSPS) is 19.9. The zero-order valence-electron chi connectivity index (χ0n) is 8.16. The molecule has 0 amide bonds. The summed E-state index contributed by atoms with van der Waals surface area (Å²) >= 11 is 7.33. The Labute approximate surface area is 93.1 Å². The van der Waals surface area contributed by atoms with Crippen LogP contribution in [0.4, 0.5) is 5.13 Å². The van der Waals surface area contributed by atoms with Gasteiger partial charge in [-0.2, -0.15) is 0 Å². The maximum atomic E-state index is 5.75. The van der Waals surface area contributed by atoms with Gasteiger partial charge in [0.1, 0.15) is 5.15 Å². The minimum Gasteiger partial charge on any atom is -0.359 e. The van der Waals surface area contributed by atoms with Gasteiger partial charge < -0.3 is 10.2 Å². The summed E-state index contributed by atoms with van der Waals surface area (Å²) < 4.78 is 0. The van der Waals surface area contributed by atoms with Gasteiger partial charge in [0.05, 0.1) is 0 Å². The second-order valence-corrected chi connectivity index (χ2v) is 4.94.